The summed E-state index contributed by atoms with van der Waals surface area (Å²) in [5.74, 6) is 0.641. The van der Waals surface area contributed by atoms with E-state index in [4.69, 9.17) is 16.3 Å². The number of methoxy groups -OCH3 is 1. The van der Waals surface area contributed by atoms with Gasteiger partial charge >= 0.3 is 0 Å². The van der Waals surface area contributed by atoms with Crippen molar-refractivity contribution in [3.63, 3.8) is 0 Å². The molecular formula is C17H23ClN2O3. The molecule has 0 radical (unpaired) electrons. The van der Waals surface area contributed by atoms with Gasteiger partial charge in [0.05, 0.1) is 17.7 Å². The molecule has 23 heavy (non-hydrogen) atoms. The molecule has 1 aromatic rings. The van der Waals surface area contributed by atoms with Crippen molar-refractivity contribution in [2.45, 2.75) is 20.3 Å². The minimum Gasteiger partial charge on any atom is -0.497 e. The molecule has 6 heteroatoms. The summed E-state index contributed by atoms with van der Waals surface area (Å²) in [7, 11) is 1.56. The van der Waals surface area contributed by atoms with Gasteiger partial charge in [0, 0.05) is 32.1 Å². The van der Waals surface area contributed by atoms with Crippen LogP contribution in [0, 0.1) is 5.92 Å². The van der Waals surface area contributed by atoms with E-state index in [1.165, 1.54) is 0 Å². The summed E-state index contributed by atoms with van der Waals surface area (Å²) in [5, 5.41) is 0.383. The van der Waals surface area contributed by atoms with E-state index >= 15 is 0 Å². The van der Waals surface area contributed by atoms with Crippen molar-refractivity contribution in [1.82, 2.24) is 9.80 Å². The Morgan fingerprint density at radius 1 is 1.13 bits per heavy atom. The maximum absolute atomic E-state index is 12.7. The van der Waals surface area contributed by atoms with Crippen molar-refractivity contribution in [3.8, 4) is 5.75 Å². The summed E-state index contributed by atoms with van der Waals surface area (Å²) in [6.07, 6.45) is 0.776. The molecule has 0 aliphatic carbocycles. The maximum atomic E-state index is 12.7. The second-order valence-electron chi connectivity index (χ2n) is 5.97. The fourth-order valence-electron chi connectivity index (χ4n) is 2.67. The number of amides is 2. The van der Waals surface area contributed by atoms with Gasteiger partial charge in [0.25, 0.3) is 5.91 Å². The number of carbonyl (C=O) groups excluding carboxylic acids is 2. The molecule has 1 saturated heterocycles. The van der Waals surface area contributed by atoms with Crippen LogP contribution in [0.5, 0.6) is 5.75 Å². The lowest BCUT2D eigenvalue weighted by Gasteiger charge is -2.23. The predicted molar refractivity (Wildman–Crippen MR) is 89.9 cm³/mol. The average molecular weight is 339 g/mol. The fourth-order valence-corrected chi connectivity index (χ4v) is 2.92. The van der Waals surface area contributed by atoms with E-state index in [0.29, 0.717) is 42.5 Å². The van der Waals surface area contributed by atoms with Crippen LogP contribution in [0.4, 0.5) is 0 Å². The third-order valence-corrected chi connectivity index (χ3v) is 4.31. The highest BCUT2D eigenvalue weighted by molar-refractivity contribution is 6.34. The molecule has 2 rings (SSSR count). The first kappa shape index (κ1) is 17.6. The number of carbonyl (C=O) groups is 2. The zero-order chi connectivity index (χ0) is 17.0. The van der Waals surface area contributed by atoms with Gasteiger partial charge in [-0.15, -0.1) is 0 Å². The predicted octanol–water partition coefficient (Wildman–Crippen LogP) is 2.68. The molecule has 1 fully saturated rings. The largest absolute Gasteiger partial charge is 0.497 e. The normalized spacial score (nSPS) is 15.5. The Kier molecular flexibility index (Phi) is 5.88. The van der Waals surface area contributed by atoms with Crippen molar-refractivity contribution in [2.24, 2.45) is 5.92 Å². The summed E-state index contributed by atoms with van der Waals surface area (Å²) in [5.41, 5.74) is 0.469. The molecular weight excluding hydrogens is 316 g/mol. The van der Waals surface area contributed by atoms with Gasteiger partial charge in [-0.25, -0.2) is 0 Å². The van der Waals surface area contributed by atoms with Gasteiger partial charge in [0.15, 0.2) is 0 Å². The van der Waals surface area contributed by atoms with E-state index in [9.17, 15) is 9.59 Å². The van der Waals surface area contributed by atoms with Crippen LogP contribution >= 0.6 is 11.6 Å². The molecule has 1 aliphatic heterocycles. The number of hydrogen-bond donors (Lipinski definition) is 0. The molecule has 2 amide bonds. The highest BCUT2D eigenvalue weighted by Crippen LogP contribution is 2.24. The molecule has 1 aromatic carbocycles. The van der Waals surface area contributed by atoms with Crippen LogP contribution in [0.15, 0.2) is 18.2 Å². The average Bonchev–Trinajstić information content (AvgIpc) is 2.79. The highest BCUT2D eigenvalue weighted by atomic mass is 35.5. The number of halogens is 1. The summed E-state index contributed by atoms with van der Waals surface area (Å²) >= 11 is 6.19. The topological polar surface area (TPSA) is 49.9 Å². The zero-order valence-corrected chi connectivity index (χ0v) is 14.6. The molecule has 5 nitrogen and oxygen atoms in total. The summed E-state index contributed by atoms with van der Waals surface area (Å²) in [4.78, 5) is 28.4. The van der Waals surface area contributed by atoms with E-state index in [2.05, 4.69) is 0 Å². The second-order valence-corrected chi connectivity index (χ2v) is 6.38. The van der Waals surface area contributed by atoms with E-state index < -0.39 is 0 Å². The quantitative estimate of drug-likeness (QED) is 0.851. The van der Waals surface area contributed by atoms with Crippen LogP contribution in [0.25, 0.3) is 0 Å². The van der Waals surface area contributed by atoms with Gasteiger partial charge in [0.2, 0.25) is 5.91 Å². The SMILES string of the molecule is COc1ccc(C(=O)N2CCCN(C(=O)C(C)C)CC2)c(Cl)c1. The molecule has 0 bridgehead atoms. The van der Waals surface area contributed by atoms with Crippen molar-refractivity contribution in [1.29, 1.82) is 0 Å². The van der Waals surface area contributed by atoms with Crippen molar-refractivity contribution in [2.75, 3.05) is 33.3 Å². The van der Waals surface area contributed by atoms with Gasteiger partial charge < -0.3 is 14.5 Å². The summed E-state index contributed by atoms with van der Waals surface area (Å²) in [6.45, 7) is 6.21. The van der Waals surface area contributed by atoms with E-state index in [1.54, 1.807) is 30.2 Å². The molecule has 0 spiro atoms. The van der Waals surface area contributed by atoms with E-state index in [0.717, 1.165) is 6.42 Å². The Hall–Kier alpha value is -1.75. The lowest BCUT2D eigenvalue weighted by atomic mass is 10.2. The van der Waals surface area contributed by atoms with Crippen molar-refractivity contribution >= 4 is 23.4 Å². The van der Waals surface area contributed by atoms with Gasteiger partial charge in [-0.1, -0.05) is 25.4 Å². The van der Waals surface area contributed by atoms with Crippen LogP contribution in [0.3, 0.4) is 0 Å². The molecule has 0 aromatic heterocycles. The minimum atomic E-state index is -0.100. The third kappa shape index (κ3) is 4.16. The number of nitrogens with zero attached hydrogens (tertiary/aromatic N) is 2. The number of rotatable bonds is 3. The molecule has 0 saturated carbocycles. The van der Waals surface area contributed by atoms with E-state index in [1.807, 2.05) is 18.7 Å². The number of benzene rings is 1. The molecule has 126 valence electrons. The molecule has 0 unspecified atom stereocenters. The standard InChI is InChI=1S/C17H23ClN2O3/c1-12(2)16(21)19-7-4-8-20(10-9-19)17(22)14-6-5-13(23-3)11-15(14)18/h5-6,11-12H,4,7-10H2,1-3H3. The Bertz CT molecular complexity index is 589. The van der Waals surface area contributed by atoms with Gasteiger partial charge in [-0.05, 0) is 24.6 Å². The fraction of sp³-hybridized carbons (Fsp3) is 0.529. The molecule has 1 heterocycles. The number of hydrogen-bond acceptors (Lipinski definition) is 3. The summed E-state index contributed by atoms with van der Waals surface area (Å²) in [6, 6.07) is 5.05. The van der Waals surface area contributed by atoms with Gasteiger partial charge in [-0.3, -0.25) is 9.59 Å². The third-order valence-electron chi connectivity index (χ3n) is 4.00. The first-order chi connectivity index (χ1) is 10.9. The van der Waals surface area contributed by atoms with Crippen LogP contribution in [-0.4, -0.2) is 54.9 Å². The van der Waals surface area contributed by atoms with Gasteiger partial charge in [-0.2, -0.15) is 0 Å². The Labute approximate surface area is 142 Å². The van der Waals surface area contributed by atoms with Crippen LogP contribution in [-0.2, 0) is 4.79 Å². The van der Waals surface area contributed by atoms with E-state index in [-0.39, 0.29) is 17.7 Å². The Morgan fingerprint density at radius 3 is 2.39 bits per heavy atom. The smallest absolute Gasteiger partial charge is 0.255 e. The Morgan fingerprint density at radius 2 is 1.78 bits per heavy atom. The second kappa shape index (κ2) is 7.68. The molecule has 0 atom stereocenters. The minimum absolute atomic E-state index is 0.0201. The molecule has 0 N–H and O–H groups in total. The van der Waals surface area contributed by atoms with Gasteiger partial charge in [0.1, 0.15) is 5.75 Å². The highest BCUT2D eigenvalue weighted by Gasteiger charge is 2.25. The lowest BCUT2D eigenvalue weighted by molar-refractivity contribution is -0.134. The monoisotopic (exact) mass is 338 g/mol. The van der Waals surface area contributed by atoms with Crippen LogP contribution < -0.4 is 4.74 Å². The van der Waals surface area contributed by atoms with Crippen LogP contribution in [0.2, 0.25) is 5.02 Å². The first-order valence-corrected chi connectivity index (χ1v) is 8.23. The Balaban J connectivity index is 2.07. The number of ether oxygens (including phenoxy) is 1. The van der Waals surface area contributed by atoms with Crippen molar-refractivity contribution < 1.29 is 14.3 Å². The van der Waals surface area contributed by atoms with Crippen molar-refractivity contribution in [3.05, 3.63) is 28.8 Å². The molecule has 1 aliphatic rings. The van der Waals surface area contributed by atoms with Crippen LogP contribution in [0.1, 0.15) is 30.6 Å². The summed E-state index contributed by atoms with van der Waals surface area (Å²) < 4.78 is 5.10. The zero-order valence-electron chi connectivity index (χ0n) is 13.8. The maximum Gasteiger partial charge on any atom is 0.255 e. The lowest BCUT2D eigenvalue weighted by Crippen LogP contribution is -2.39. The first-order valence-electron chi connectivity index (χ1n) is 7.85.